The van der Waals surface area contributed by atoms with Gasteiger partial charge >= 0.3 is 5.97 Å². The number of hydrogen-bond acceptors (Lipinski definition) is 5. The summed E-state index contributed by atoms with van der Waals surface area (Å²) >= 11 is 6.04. The van der Waals surface area contributed by atoms with Crippen LogP contribution in [-0.4, -0.2) is 18.7 Å². The average Bonchev–Trinajstić information content (AvgIpc) is 2.74. The molecule has 0 saturated heterocycles. The fraction of sp³-hybridized carbons (Fsp3) is 0.304. The number of hydrogen-bond donors (Lipinski definition) is 0. The number of carbonyl (C=O) groups excluding carboxylic acids is 1. The van der Waals surface area contributed by atoms with Crippen LogP contribution < -0.4 is 10.2 Å². The van der Waals surface area contributed by atoms with Gasteiger partial charge in [-0.15, -0.1) is 0 Å². The predicted molar refractivity (Wildman–Crippen MR) is 111 cm³/mol. The Labute approximate surface area is 173 Å². The lowest BCUT2D eigenvalue weighted by Crippen LogP contribution is -2.25. The first-order chi connectivity index (χ1) is 14.1. The summed E-state index contributed by atoms with van der Waals surface area (Å²) in [5.41, 5.74) is 0.700. The molecule has 6 heteroatoms. The molecule has 1 aliphatic carbocycles. The van der Waals surface area contributed by atoms with Crippen molar-refractivity contribution >= 4 is 28.5 Å². The molecular formula is C23H21ClO5. The minimum Gasteiger partial charge on any atom is -0.474 e. The maximum absolute atomic E-state index is 13.1. The lowest BCUT2D eigenvalue weighted by Gasteiger charge is -2.21. The van der Waals surface area contributed by atoms with Gasteiger partial charge in [0.05, 0.1) is 5.39 Å². The fourth-order valence-electron chi connectivity index (χ4n) is 3.60. The van der Waals surface area contributed by atoms with Crippen molar-refractivity contribution in [1.82, 2.24) is 0 Å². The molecule has 3 aromatic rings. The standard InChI is InChI=1S/C23H21ClO5/c24-16-11-12-19-18(13-16)21(26)23(22(29-19)15-7-3-1-4-8-15)27-14-20(25)28-17-9-5-2-6-10-17/h1,3-4,7-8,11-13,17H,2,5-6,9-10,14H2. The third-order valence-electron chi connectivity index (χ3n) is 5.03. The average molecular weight is 413 g/mol. The number of halogens is 1. The summed E-state index contributed by atoms with van der Waals surface area (Å²) in [6, 6.07) is 14.0. The molecule has 29 heavy (non-hydrogen) atoms. The first-order valence-electron chi connectivity index (χ1n) is 9.76. The number of esters is 1. The van der Waals surface area contributed by atoms with Crippen LogP contribution in [0.15, 0.2) is 57.7 Å². The molecule has 1 aliphatic rings. The second-order valence-corrected chi connectivity index (χ2v) is 7.57. The Morgan fingerprint density at radius 2 is 1.83 bits per heavy atom. The van der Waals surface area contributed by atoms with E-state index in [9.17, 15) is 9.59 Å². The van der Waals surface area contributed by atoms with E-state index in [4.69, 9.17) is 25.5 Å². The van der Waals surface area contributed by atoms with Gasteiger partial charge < -0.3 is 13.9 Å². The highest BCUT2D eigenvalue weighted by Gasteiger charge is 2.21. The molecule has 1 aromatic heterocycles. The van der Waals surface area contributed by atoms with Crippen molar-refractivity contribution in [2.24, 2.45) is 0 Å². The highest BCUT2D eigenvalue weighted by molar-refractivity contribution is 6.31. The molecule has 1 fully saturated rings. The Morgan fingerprint density at radius 3 is 2.59 bits per heavy atom. The van der Waals surface area contributed by atoms with Gasteiger partial charge in [0.1, 0.15) is 11.7 Å². The van der Waals surface area contributed by atoms with Crippen LogP contribution in [0.5, 0.6) is 5.75 Å². The Hall–Kier alpha value is -2.79. The molecule has 0 N–H and O–H groups in total. The normalized spacial score (nSPS) is 14.7. The van der Waals surface area contributed by atoms with Gasteiger partial charge in [-0.2, -0.15) is 0 Å². The zero-order valence-corrected chi connectivity index (χ0v) is 16.6. The van der Waals surface area contributed by atoms with E-state index in [0.717, 1.165) is 25.7 Å². The molecule has 0 unspecified atom stereocenters. The van der Waals surface area contributed by atoms with Crippen LogP contribution in [0, 0.1) is 0 Å². The first-order valence-corrected chi connectivity index (χ1v) is 10.1. The monoisotopic (exact) mass is 412 g/mol. The van der Waals surface area contributed by atoms with E-state index >= 15 is 0 Å². The van der Waals surface area contributed by atoms with Crippen LogP contribution in [0.4, 0.5) is 0 Å². The van der Waals surface area contributed by atoms with E-state index in [1.54, 1.807) is 12.1 Å². The summed E-state index contributed by atoms with van der Waals surface area (Å²) in [6.45, 7) is -0.354. The number of carbonyl (C=O) groups is 1. The predicted octanol–water partition coefficient (Wildman–Crippen LogP) is 5.37. The van der Waals surface area contributed by atoms with Gasteiger partial charge in [-0.1, -0.05) is 48.4 Å². The van der Waals surface area contributed by atoms with Crippen molar-refractivity contribution in [3.05, 3.63) is 63.8 Å². The maximum atomic E-state index is 13.1. The van der Waals surface area contributed by atoms with Gasteiger partial charge in [0.25, 0.3) is 0 Å². The highest BCUT2D eigenvalue weighted by Crippen LogP contribution is 2.31. The smallest absolute Gasteiger partial charge is 0.344 e. The maximum Gasteiger partial charge on any atom is 0.344 e. The lowest BCUT2D eigenvalue weighted by atomic mass is 9.98. The summed E-state index contributed by atoms with van der Waals surface area (Å²) in [5, 5.41) is 0.716. The molecule has 1 heterocycles. The van der Waals surface area contributed by atoms with E-state index in [-0.39, 0.29) is 29.6 Å². The van der Waals surface area contributed by atoms with Gasteiger partial charge in [0.2, 0.25) is 11.2 Å². The molecule has 2 aromatic carbocycles. The van der Waals surface area contributed by atoms with Gasteiger partial charge in [-0.05, 0) is 43.9 Å². The zero-order chi connectivity index (χ0) is 20.2. The van der Waals surface area contributed by atoms with Crippen LogP contribution in [-0.2, 0) is 9.53 Å². The molecule has 0 bridgehead atoms. The van der Waals surface area contributed by atoms with Crippen molar-refractivity contribution in [2.75, 3.05) is 6.61 Å². The van der Waals surface area contributed by atoms with E-state index in [1.165, 1.54) is 12.5 Å². The molecule has 0 radical (unpaired) electrons. The molecule has 0 spiro atoms. The van der Waals surface area contributed by atoms with Crippen molar-refractivity contribution in [3.8, 4) is 17.1 Å². The lowest BCUT2D eigenvalue weighted by molar-refractivity contribution is -0.152. The Morgan fingerprint density at radius 1 is 1.07 bits per heavy atom. The Kier molecular flexibility index (Phi) is 5.86. The van der Waals surface area contributed by atoms with Gasteiger partial charge in [0, 0.05) is 10.6 Å². The number of ether oxygens (including phenoxy) is 2. The Balaban J connectivity index is 1.65. The first kappa shape index (κ1) is 19.5. The largest absolute Gasteiger partial charge is 0.474 e. The number of benzene rings is 2. The minimum absolute atomic E-state index is 0.0217. The summed E-state index contributed by atoms with van der Waals surface area (Å²) < 4.78 is 17.1. The van der Waals surface area contributed by atoms with E-state index in [1.807, 2.05) is 30.3 Å². The topological polar surface area (TPSA) is 65.7 Å². The van der Waals surface area contributed by atoms with Crippen molar-refractivity contribution in [3.63, 3.8) is 0 Å². The highest BCUT2D eigenvalue weighted by atomic mass is 35.5. The summed E-state index contributed by atoms with van der Waals surface area (Å²) in [4.78, 5) is 25.3. The Bertz CT molecular complexity index is 1070. The fourth-order valence-corrected chi connectivity index (χ4v) is 3.77. The summed E-state index contributed by atoms with van der Waals surface area (Å²) in [5.74, 6) is -0.232. The molecule has 0 amide bonds. The molecule has 0 atom stereocenters. The van der Waals surface area contributed by atoms with Crippen LogP contribution in [0.1, 0.15) is 32.1 Å². The van der Waals surface area contributed by atoms with Gasteiger partial charge in [-0.25, -0.2) is 4.79 Å². The van der Waals surface area contributed by atoms with E-state index in [2.05, 4.69) is 0 Å². The second-order valence-electron chi connectivity index (χ2n) is 7.13. The van der Waals surface area contributed by atoms with Crippen molar-refractivity contribution in [2.45, 2.75) is 38.2 Å². The molecular weight excluding hydrogens is 392 g/mol. The van der Waals surface area contributed by atoms with Gasteiger partial charge in [0.15, 0.2) is 12.4 Å². The third-order valence-corrected chi connectivity index (χ3v) is 5.27. The molecule has 0 aliphatic heterocycles. The minimum atomic E-state index is -0.485. The van der Waals surface area contributed by atoms with Crippen molar-refractivity contribution < 1.29 is 18.7 Å². The van der Waals surface area contributed by atoms with Crippen molar-refractivity contribution in [1.29, 1.82) is 0 Å². The van der Waals surface area contributed by atoms with Gasteiger partial charge in [-0.3, -0.25) is 4.79 Å². The second kappa shape index (κ2) is 8.70. The SMILES string of the molecule is O=C(COc1c(-c2ccccc2)oc2ccc(Cl)cc2c1=O)OC1CCCCC1. The summed E-state index contributed by atoms with van der Waals surface area (Å²) in [6.07, 6.45) is 4.97. The van der Waals surface area contributed by atoms with Crippen LogP contribution >= 0.6 is 11.6 Å². The molecule has 5 nitrogen and oxygen atoms in total. The van der Waals surface area contributed by atoms with Crippen LogP contribution in [0.25, 0.3) is 22.3 Å². The molecule has 1 saturated carbocycles. The quantitative estimate of drug-likeness (QED) is 0.527. The van der Waals surface area contributed by atoms with Crippen LogP contribution in [0.2, 0.25) is 5.02 Å². The zero-order valence-electron chi connectivity index (χ0n) is 15.9. The van der Waals surface area contributed by atoms with Crippen LogP contribution in [0.3, 0.4) is 0 Å². The summed E-state index contributed by atoms with van der Waals surface area (Å²) in [7, 11) is 0. The van der Waals surface area contributed by atoms with E-state index < -0.39 is 5.97 Å². The number of fused-ring (bicyclic) bond motifs is 1. The van der Waals surface area contributed by atoms with E-state index in [0.29, 0.717) is 21.6 Å². The molecule has 150 valence electrons. The number of rotatable bonds is 5. The molecule has 4 rings (SSSR count). The third kappa shape index (κ3) is 4.46.